The zero-order valence-electron chi connectivity index (χ0n) is 17.1. The predicted molar refractivity (Wildman–Crippen MR) is 115 cm³/mol. The van der Waals surface area contributed by atoms with Crippen LogP contribution in [0, 0.1) is 0 Å². The largest absolute Gasteiger partial charge is 0.504 e. The molecule has 0 aliphatic heterocycles. The normalized spacial score (nSPS) is 10.6. The molecule has 2 N–H and O–H groups in total. The number of hydrogen-bond acceptors (Lipinski definition) is 10. The minimum Gasteiger partial charge on any atom is -0.504 e. The lowest BCUT2D eigenvalue weighted by Crippen LogP contribution is -2.15. The van der Waals surface area contributed by atoms with Crippen LogP contribution in [0.2, 0.25) is 0 Å². The minimum atomic E-state index is -0.805. The number of amides is 1. The lowest BCUT2D eigenvalue weighted by molar-refractivity contribution is 0.0729. The number of ether oxygens (including phenoxy) is 2. The van der Waals surface area contributed by atoms with E-state index in [2.05, 4.69) is 20.3 Å². The van der Waals surface area contributed by atoms with Gasteiger partial charge in [0.05, 0.1) is 24.1 Å². The molecule has 3 aromatic heterocycles. The van der Waals surface area contributed by atoms with Crippen LogP contribution in [-0.2, 0) is 4.74 Å². The highest BCUT2D eigenvalue weighted by Crippen LogP contribution is 2.39. The number of aromatic nitrogens is 3. The number of nitrogens with zero attached hydrogens (tertiary/aromatic N) is 3. The summed E-state index contributed by atoms with van der Waals surface area (Å²) < 4.78 is 15.9. The molecule has 0 radical (unpaired) electrons. The fraction of sp³-hybridized carbons (Fsp3) is 0.0909. The standard InChI is InChI=1S/C22H16N4O7/c1-2-31-22(30)26-14-7-18(33-21(29)12-4-3-5-23-9-12)15(27)6-13(14)17-8-16(28)20-19(32-17)10-24-11-25-20/h3-11,27H,2H2,1H3,(H,26,30). The van der Waals surface area contributed by atoms with Crippen LogP contribution in [0.25, 0.3) is 22.4 Å². The van der Waals surface area contributed by atoms with E-state index in [1.807, 2.05) is 0 Å². The first-order valence-electron chi connectivity index (χ1n) is 9.63. The van der Waals surface area contributed by atoms with Gasteiger partial charge in [-0.05, 0) is 25.1 Å². The Balaban J connectivity index is 1.79. The highest BCUT2D eigenvalue weighted by molar-refractivity contribution is 5.94. The van der Waals surface area contributed by atoms with E-state index in [-0.39, 0.29) is 46.0 Å². The molecule has 33 heavy (non-hydrogen) atoms. The Bertz CT molecular complexity index is 1400. The Morgan fingerprint density at radius 3 is 2.79 bits per heavy atom. The van der Waals surface area contributed by atoms with Crippen molar-refractivity contribution in [3.8, 4) is 22.8 Å². The van der Waals surface area contributed by atoms with Gasteiger partial charge in [0.1, 0.15) is 12.1 Å². The fourth-order valence-corrected chi connectivity index (χ4v) is 2.92. The van der Waals surface area contributed by atoms with Crippen molar-refractivity contribution in [3.63, 3.8) is 0 Å². The molecule has 0 aliphatic carbocycles. The summed E-state index contributed by atoms with van der Waals surface area (Å²) in [6.07, 6.45) is 4.52. The molecule has 166 valence electrons. The van der Waals surface area contributed by atoms with E-state index in [9.17, 15) is 19.5 Å². The van der Waals surface area contributed by atoms with Crippen LogP contribution in [0.4, 0.5) is 10.5 Å². The second-order valence-electron chi connectivity index (χ2n) is 6.55. The van der Waals surface area contributed by atoms with E-state index in [0.29, 0.717) is 0 Å². The molecule has 0 atom stereocenters. The molecule has 3 heterocycles. The molecule has 0 unspecified atom stereocenters. The Labute approximate surface area is 185 Å². The molecule has 1 aromatic carbocycles. The number of phenolic OH excluding ortho intramolecular Hbond substituents is 1. The molecular formula is C22H16N4O7. The van der Waals surface area contributed by atoms with Gasteiger partial charge >= 0.3 is 12.1 Å². The van der Waals surface area contributed by atoms with E-state index in [0.717, 1.165) is 6.07 Å². The molecule has 0 bridgehead atoms. The maximum atomic E-state index is 12.5. The third kappa shape index (κ3) is 4.61. The van der Waals surface area contributed by atoms with E-state index in [4.69, 9.17) is 13.9 Å². The van der Waals surface area contributed by atoms with Crippen LogP contribution in [-0.4, -0.2) is 38.7 Å². The molecule has 1 amide bonds. The number of carbonyl (C=O) groups excluding carboxylic acids is 2. The molecule has 0 spiro atoms. The van der Waals surface area contributed by atoms with Gasteiger partial charge in [0.15, 0.2) is 22.6 Å². The van der Waals surface area contributed by atoms with Crippen molar-refractivity contribution in [2.24, 2.45) is 0 Å². The number of rotatable bonds is 5. The lowest BCUT2D eigenvalue weighted by Gasteiger charge is -2.14. The highest BCUT2D eigenvalue weighted by atomic mass is 16.5. The third-order valence-electron chi connectivity index (χ3n) is 4.37. The number of aromatic hydroxyl groups is 1. The first-order chi connectivity index (χ1) is 16.0. The number of esters is 1. The first kappa shape index (κ1) is 21.4. The molecular weight excluding hydrogens is 432 g/mol. The second-order valence-corrected chi connectivity index (χ2v) is 6.55. The molecule has 0 aliphatic rings. The number of fused-ring (bicyclic) bond motifs is 1. The first-order valence-corrected chi connectivity index (χ1v) is 9.63. The number of nitrogens with one attached hydrogen (secondary N) is 1. The summed E-state index contributed by atoms with van der Waals surface area (Å²) in [5, 5.41) is 13.0. The Morgan fingerprint density at radius 2 is 2.03 bits per heavy atom. The molecule has 4 rings (SSSR count). The maximum absolute atomic E-state index is 12.5. The minimum absolute atomic E-state index is 0.00883. The van der Waals surface area contributed by atoms with Crippen LogP contribution < -0.4 is 15.5 Å². The number of benzene rings is 1. The van der Waals surface area contributed by atoms with Gasteiger partial charge in [0.2, 0.25) is 5.43 Å². The van der Waals surface area contributed by atoms with Crippen LogP contribution in [0.5, 0.6) is 11.5 Å². The van der Waals surface area contributed by atoms with Crippen molar-refractivity contribution in [1.29, 1.82) is 0 Å². The number of hydrogen-bond donors (Lipinski definition) is 2. The summed E-state index contributed by atoms with van der Waals surface area (Å²) in [7, 11) is 0. The van der Waals surface area contributed by atoms with Crippen molar-refractivity contribution in [2.75, 3.05) is 11.9 Å². The monoisotopic (exact) mass is 448 g/mol. The summed E-state index contributed by atoms with van der Waals surface area (Å²) >= 11 is 0. The number of carbonyl (C=O) groups is 2. The summed E-state index contributed by atoms with van der Waals surface area (Å²) in [4.78, 5) is 48.5. The third-order valence-corrected chi connectivity index (χ3v) is 4.37. The molecule has 4 aromatic rings. The van der Waals surface area contributed by atoms with Crippen molar-refractivity contribution in [3.05, 3.63) is 71.0 Å². The Kier molecular flexibility index (Phi) is 5.94. The van der Waals surface area contributed by atoms with Gasteiger partial charge in [-0.1, -0.05) is 0 Å². The van der Waals surface area contributed by atoms with Crippen LogP contribution >= 0.6 is 0 Å². The molecule has 11 nitrogen and oxygen atoms in total. The van der Waals surface area contributed by atoms with Crippen LogP contribution in [0.1, 0.15) is 17.3 Å². The quantitative estimate of drug-likeness (QED) is 0.264. The van der Waals surface area contributed by atoms with Gasteiger partial charge in [-0.3, -0.25) is 15.1 Å². The fourth-order valence-electron chi connectivity index (χ4n) is 2.92. The zero-order chi connectivity index (χ0) is 23.4. The molecule has 0 saturated carbocycles. The van der Waals surface area contributed by atoms with Gasteiger partial charge < -0.3 is 19.0 Å². The number of phenols is 1. The van der Waals surface area contributed by atoms with Gasteiger partial charge in [0, 0.05) is 30.1 Å². The van der Waals surface area contributed by atoms with Crippen molar-refractivity contribution in [2.45, 2.75) is 6.92 Å². The van der Waals surface area contributed by atoms with Crippen LogP contribution in [0.15, 0.2) is 64.5 Å². The van der Waals surface area contributed by atoms with Gasteiger partial charge in [0.25, 0.3) is 0 Å². The van der Waals surface area contributed by atoms with Crippen molar-refractivity contribution in [1.82, 2.24) is 15.0 Å². The molecule has 0 saturated heterocycles. The van der Waals surface area contributed by atoms with Crippen molar-refractivity contribution < 1.29 is 28.6 Å². The molecule has 0 fully saturated rings. The van der Waals surface area contributed by atoms with E-state index in [1.54, 1.807) is 13.0 Å². The summed E-state index contributed by atoms with van der Waals surface area (Å²) in [6, 6.07) is 6.59. The Hall–Kier alpha value is -4.80. The summed E-state index contributed by atoms with van der Waals surface area (Å²) in [5.41, 5.74) is 0.0569. The van der Waals surface area contributed by atoms with Crippen LogP contribution in [0.3, 0.4) is 0 Å². The predicted octanol–water partition coefficient (Wildman–Crippen LogP) is 3.14. The topological polar surface area (TPSA) is 154 Å². The van der Waals surface area contributed by atoms with Gasteiger partial charge in [-0.25, -0.2) is 19.6 Å². The maximum Gasteiger partial charge on any atom is 0.411 e. The SMILES string of the molecule is CCOC(=O)Nc1cc(OC(=O)c2cccnc2)c(O)cc1-c1cc(=O)c2ncncc2o1. The van der Waals surface area contributed by atoms with Crippen molar-refractivity contribution >= 4 is 28.8 Å². The number of anilines is 1. The molecule has 11 heteroatoms. The average Bonchev–Trinajstić information content (AvgIpc) is 2.81. The lowest BCUT2D eigenvalue weighted by atomic mass is 10.1. The smallest absolute Gasteiger partial charge is 0.411 e. The number of pyridine rings is 1. The zero-order valence-corrected chi connectivity index (χ0v) is 17.1. The highest BCUT2D eigenvalue weighted by Gasteiger charge is 2.20. The average molecular weight is 448 g/mol. The van der Waals surface area contributed by atoms with Gasteiger partial charge in [-0.2, -0.15) is 0 Å². The summed E-state index contributed by atoms with van der Waals surface area (Å²) in [6.45, 7) is 1.73. The van der Waals surface area contributed by atoms with Gasteiger partial charge in [-0.15, -0.1) is 0 Å². The summed E-state index contributed by atoms with van der Waals surface area (Å²) in [5.74, 6) is -1.45. The van der Waals surface area contributed by atoms with E-state index < -0.39 is 23.2 Å². The Morgan fingerprint density at radius 1 is 1.18 bits per heavy atom. The van der Waals surface area contributed by atoms with E-state index >= 15 is 0 Å². The second kappa shape index (κ2) is 9.14. The van der Waals surface area contributed by atoms with E-state index in [1.165, 1.54) is 43.1 Å².